The van der Waals surface area contributed by atoms with E-state index < -0.39 is 0 Å². The van der Waals surface area contributed by atoms with Crippen molar-refractivity contribution in [2.45, 2.75) is 6.92 Å². The smallest absolute Gasteiger partial charge is 0.169 e. The van der Waals surface area contributed by atoms with Gasteiger partial charge in [-0.1, -0.05) is 42.5 Å². The third-order valence-corrected chi connectivity index (χ3v) is 3.50. The van der Waals surface area contributed by atoms with Crippen molar-refractivity contribution in [3.63, 3.8) is 0 Å². The van der Waals surface area contributed by atoms with E-state index in [2.05, 4.69) is 0 Å². The molecule has 0 amide bonds. The van der Waals surface area contributed by atoms with E-state index in [1.807, 2.05) is 42.5 Å². The molecule has 0 saturated carbocycles. The number of rotatable bonds is 1. The van der Waals surface area contributed by atoms with Gasteiger partial charge >= 0.3 is 0 Å². The molecule has 0 aromatic heterocycles. The minimum Gasteiger partial charge on any atom is -0.507 e. The van der Waals surface area contributed by atoms with Gasteiger partial charge < -0.3 is 15.3 Å². The minimum atomic E-state index is -0.301. The number of phenolic OH excluding ortho intramolecular Hbond substituents is 3. The van der Waals surface area contributed by atoms with E-state index in [0.717, 1.165) is 10.8 Å². The summed E-state index contributed by atoms with van der Waals surface area (Å²) < 4.78 is 0. The first-order valence-corrected chi connectivity index (χ1v) is 6.32. The topological polar surface area (TPSA) is 60.7 Å². The van der Waals surface area contributed by atoms with Gasteiger partial charge in [-0.15, -0.1) is 0 Å². The summed E-state index contributed by atoms with van der Waals surface area (Å²) in [6.45, 7) is 1.68. The molecule has 3 N–H and O–H groups in total. The number of benzene rings is 3. The van der Waals surface area contributed by atoms with Gasteiger partial charge in [0.05, 0.1) is 5.56 Å². The van der Waals surface area contributed by atoms with Crippen LogP contribution in [0, 0.1) is 6.92 Å². The summed E-state index contributed by atoms with van der Waals surface area (Å²) in [7, 11) is 0. The zero-order valence-corrected chi connectivity index (χ0v) is 11.0. The molecule has 0 spiro atoms. The second kappa shape index (κ2) is 4.46. The molecule has 0 unspecified atom stereocenters. The van der Waals surface area contributed by atoms with Gasteiger partial charge in [-0.25, -0.2) is 0 Å². The fraction of sp³-hybridized carbons (Fsp3) is 0.0588. The fourth-order valence-corrected chi connectivity index (χ4v) is 2.48. The molecule has 3 nitrogen and oxygen atoms in total. The molecule has 0 saturated heterocycles. The van der Waals surface area contributed by atoms with E-state index in [9.17, 15) is 15.3 Å². The van der Waals surface area contributed by atoms with E-state index in [0.29, 0.717) is 11.1 Å². The van der Waals surface area contributed by atoms with Crippen molar-refractivity contribution < 1.29 is 15.3 Å². The largest absolute Gasteiger partial charge is 0.507 e. The standard InChI is InChI=1S/C17H14O3/c1-10-9-14(18)17(20)15(16(10)19)13-8-4-6-11-5-2-3-7-12(11)13/h2-9,18-20H,1H3. The lowest BCUT2D eigenvalue weighted by Crippen LogP contribution is -1.87. The highest BCUT2D eigenvalue weighted by molar-refractivity contribution is 6.00. The van der Waals surface area contributed by atoms with Crippen LogP contribution in [0.2, 0.25) is 0 Å². The third kappa shape index (κ3) is 1.75. The van der Waals surface area contributed by atoms with Crippen LogP contribution in [0.5, 0.6) is 17.2 Å². The molecule has 0 radical (unpaired) electrons. The summed E-state index contributed by atoms with van der Waals surface area (Å²) in [5.41, 5.74) is 1.47. The molecular weight excluding hydrogens is 252 g/mol. The highest BCUT2D eigenvalue weighted by Gasteiger charge is 2.18. The molecule has 3 aromatic carbocycles. The Morgan fingerprint density at radius 1 is 0.800 bits per heavy atom. The van der Waals surface area contributed by atoms with E-state index in [4.69, 9.17) is 0 Å². The Kier molecular flexibility index (Phi) is 2.75. The second-order valence-corrected chi connectivity index (χ2v) is 4.81. The molecule has 20 heavy (non-hydrogen) atoms. The van der Waals surface area contributed by atoms with Crippen LogP contribution in [0.25, 0.3) is 21.9 Å². The van der Waals surface area contributed by atoms with E-state index in [1.54, 1.807) is 6.92 Å². The molecule has 0 aliphatic rings. The monoisotopic (exact) mass is 266 g/mol. The lowest BCUT2D eigenvalue weighted by molar-refractivity contribution is 0.397. The summed E-state index contributed by atoms with van der Waals surface area (Å²) in [5.74, 6) is -0.552. The summed E-state index contributed by atoms with van der Waals surface area (Å²) in [6.07, 6.45) is 0. The van der Waals surface area contributed by atoms with Crippen LogP contribution in [-0.4, -0.2) is 15.3 Å². The third-order valence-electron chi connectivity index (χ3n) is 3.50. The van der Waals surface area contributed by atoms with Gasteiger partial charge in [0, 0.05) is 0 Å². The predicted molar refractivity (Wildman–Crippen MR) is 79.1 cm³/mol. The Hall–Kier alpha value is -2.68. The summed E-state index contributed by atoms with van der Waals surface area (Å²) >= 11 is 0. The zero-order chi connectivity index (χ0) is 14.3. The quantitative estimate of drug-likeness (QED) is 0.462. The second-order valence-electron chi connectivity index (χ2n) is 4.81. The molecule has 3 rings (SSSR count). The summed E-state index contributed by atoms with van der Waals surface area (Å²) in [5, 5.41) is 32.0. The maximum Gasteiger partial charge on any atom is 0.169 e. The van der Waals surface area contributed by atoms with Gasteiger partial charge in [-0.2, -0.15) is 0 Å². The molecule has 3 heteroatoms. The van der Waals surface area contributed by atoms with Crippen molar-refractivity contribution in [1.29, 1.82) is 0 Å². The fourth-order valence-electron chi connectivity index (χ4n) is 2.48. The van der Waals surface area contributed by atoms with Crippen molar-refractivity contribution in [2.75, 3.05) is 0 Å². The Balaban J connectivity index is 2.43. The molecule has 100 valence electrons. The lowest BCUT2D eigenvalue weighted by Gasteiger charge is -2.13. The Morgan fingerprint density at radius 3 is 2.30 bits per heavy atom. The van der Waals surface area contributed by atoms with Crippen LogP contribution in [0.4, 0.5) is 0 Å². The van der Waals surface area contributed by atoms with Gasteiger partial charge in [0.2, 0.25) is 0 Å². The summed E-state index contributed by atoms with van der Waals surface area (Å²) in [4.78, 5) is 0. The number of aromatic hydroxyl groups is 3. The van der Waals surface area contributed by atoms with Crippen LogP contribution < -0.4 is 0 Å². The van der Waals surface area contributed by atoms with Crippen molar-refractivity contribution in [3.8, 4) is 28.4 Å². The molecule has 0 heterocycles. The lowest BCUT2D eigenvalue weighted by atomic mass is 9.95. The van der Waals surface area contributed by atoms with E-state index in [-0.39, 0.29) is 22.8 Å². The zero-order valence-electron chi connectivity index (χ0n) is 11.0. The average molecular weight is 266 g/mol. The number of aryl methyl sites for hydroxylation is 1. The number of hydrogen-bond donors (Lipinski definition) is 3. The highest BCUT2D eigenvalue weighted by atomic mass is 16.3. The molecule has 0 aliphatic heterocycles. The number of phenols is 3. The van der Waals surface area contributed by atoms with Crippen LogP contribution in [0.15, 0.2) is 48.5 Å². The number of hydrogen-bond acceptors (Lipinski definition) is 3. The van der Waals surface area contributed by atoms with E-state index in [1.165, 1.54) is 6.07 Å². The maximum atomic E-state index is 10.2. The Morgan fingerprint density at radius 2 is 1.50 bits per heavy atom. The van der Waals surface area contributed by atoms with Crippen LogP contribution in [0.3, 0.4) is 0 Å². The highest BCUT2D eigenvalue weighted by Crippen LogP contribution is 2.46. The molecular formula is C17H14O3. The number of fused-ring (bicyclic) bond motifs is 1. The van der Waals surface area contributed by atoms with Crippen LogP contribution in [0.1, 0.15) is 5.56 Å². The Labute approximate surface area is 116 Å². The average Bonchev–Trinajstić information content (AvgIpc) is 2.46. The van der Waals surface area contributed by atoms with Gasteiger partial charge in [0.25, 0.3) is 0 Å². The molecule has 0 aliphatic carbocycles. The van der Waals surface area contributed by atoms with Crippen molar-refractivity contribution in [3.05, 3.63) is 54.1 Å². The van der Waals surface area contributed by atoms with Crippen molar-refractivity contribution in [1.82, 2.24) is 0 Å². The molecule has 0 bridgehead atoms. The first kappa shape index (κ1) is 12.4. The maximum absolute atomic E-state index is 10.2. The molecule has 3 aromatic rings. The summed E-state index contributed by atoms with van der Waals surface area (Å²) in [6, 6.07) is 14.7. The van der Waals surface area contributed by atoms with Crippen LogP contribution in [-0.2, 0) is 0 Å². The minimum absolute atomic E-state index is 0.0170. The van der Waals surface area contributed by atoms with Gasteiger partial charge in [0.15, 0.2) is 11.5 Å². The normalized spacial score (nSPS) is 10.8. The molecule has 0 fully saturated rings. The van der Waals surface area contributed by atoms with Crippen molar-refractivity contribution >= 4 is 10.8 Å². The van der Waals surface area contributed by atoms with Gasteiger partial charge in [0.1, 0.15) is 5.75 Å². The SMILES string of the molecule is Cc1cc(O)c(O)c(-c2cccc3ccccc23)c1O. The van der Waals surface area contributed by atoms with Gasteiger partial charge in [-0.05, 0) is 34.9 Å². The van der Waals surface area contributed by atoms with Gasteiger partial charge in [-0.3, -0.25) is 0 Å². The first-order chi connectivity index (χ1) is 9.59. The van der Waals surface area contributed by atoms with Crippen molar-refractivity contribution in [2.24, 2.45) is 0 Å². The first-order valence-electron chi connectivity index (χ1n) is 6.32. The van der Waals surface area contributed by atoms with Crippen LogP contribution >= 0.6 is 0 Å². The Bertz CT molecular complexity index is 775. The van der Waals surface area contributed by atoms with E-state index >= 15 is 0 Å². The molecule has 0 atom stereocenters. The predicted octanol–water partition coefficient (Wildman–Crippen LogP) is 3.93.